The van der Waals surface area contributed by atoms with Gasteiger partial charge < -0.3 is 25.2 Å². The summed E-state index contributed by atoms with van der Waals surface area (Å²) in [6.45, 7) is 0.903. The highest BCUT2D eigenvalue weighted by atomic mass is 127. The Labute approximate surface area is 183 Å². The van der Waals surface area contributed by atoms with Gasteiger partial charge in [0.2, 0.25) is 11.8 Å². The molecule has 2 amide bonds. The van der Waals surface area contributed by atoms with Gasteiger partial charge in [0.05, 0.1) is 12.1 Å². The number of amides is 2. The van der Waals surface area contributed by atoms with E-state index >= 15 is 0 Å². The SMILES string of the molecule is CN(C)C(=O)CN=C(NCC(=O)N(C)C)NC1CCOC2(CCSC2)C1.I. The van der Waals surface area contributed by atoms with Gasteiger partial charge in [-0.2, -0.15) is 11.8 Å². The summed E-state index contributed by atoms with van der Waals surface area (Å²) in [5, 5.41) is 6.46. The Morgan fingerprint density at radius 1 is 1.22 bits per heavy atom. The van der Waals surface area contributed by atoms with Crippen LogP contribution in [0.5, 0.6) is 0 Å². The van der Waals surface area contributed by atoms with E-state index in [2.05, 4.69) is 15.6 Å². The number of halogens is 1. The van der Waals surface area contributed by atoms with Gasteiger partial charge in [-0.3, -0.25) is 9.59 Å². The first-order valence-corrected chi connectivity index (χ1v) is 10.1. The first kappa shape index (κ1) is 24.3. The average Bonchev–Trinajstić information content (AvgIpc) is 3.03. The molecular formula is C17H32IN5O3S. The minimum Gasteiger partial charge on any atom is -0.374 e. The number of hydrogen-bond donors (Lipinski definition) is 2. The number of ether oxygens (including phenoxy) is 1. The van der Waals surface area contributed by atoms with Crippen molar-refractivity contribution < 1.29 is 14.3 Å². The van der Waals surface area contributed by atoms with E-state index in [9.17, 15) is 9.59 Å². The van der Waals surface area contributed by atoms with E-state index in [-0.39, 0.29) is 60.5 Å². The molecular weight excluding hydrogens is 481 g/mol. The van der Waals surface area contributed by atoms with Crippen LogP contribution in [0.3, 0.4) is 0 Å². The Hall–Kier alpha value is -0.750. The number of thioether (sulfide) groups is 1. The van der Waals surface area contributed by atoms with E-state index in [1.54, 1.807) is 28.2 Å². The number of likely N-dealkylation sites (N-methyl/N-ethyl adjacent to an activating group) is 2. The maximum atomic E-state index is 11.9. The van der Waals surface area contributed by atoms with Crippen LogP contribution < -0.4 is 10.6 Å². The molecule has 27 heavy (non-hydrogen) atoms. The number of carbonyl (C=O) groups is 2. The van der Waals surface area contributed by atoms with E-state index in [1.165, 1.54) is 9.80 Å². The van der Waals surface area contributed by atoms with E-state index < -0.39 is 0 Å². The lowest BCUT2D eigenvalue weighted by Gasteiger charge is -2.38. The minimum absolute atomic E-state index is 0. The molecule has 2 fully saturated rings. The number of hydrogen-bond acceptors (Lipinski definition) is 5. The fraction of sp³-hybridized carbons (Fsp3) is 0.824. The zero-order valence-corrected chi connectivity index (χ0v) is 19.8. The molecule has 2 aliphatic rings. The second-order valence-electron chi connectivity index (χ2n) is 7.26. The fourth-order valence-corrected chi connectivity index (χ4v) is 4.34. The van der Waals surface area contributed by atoms with Gasteiger partial charge >= 0.3 is 0 Å². The Kier molecular flexibility index (Phi) is 10.2. The van der Waals surface area contributed by atoms with Crippen LogP contribution >= 0.6 is 35.7 Å². The Bertz CT molecular complexity index is 539. The van der Waals surface area contributed by atoms with Gasteiger partial charge in [-0.05, 0) is 25.0 Å². The van der Waals surface area contributed by atoms with Crippen molar-refractivity contribution in [3.63, 3.8) is 0 Å². The third-order valence-corrected chi connectivity index (χ3v) is 5.90. The second-order valence-corrected chi connectivity index (χ2v) is 8.37. The highest BCUT2D eigenvalue weighted by Crippen LogP contribution is 2.38. The highest BCUT2D eigenvalue weighted by molar-refractivity contribution is 14.0. The lowest BCUT2D eigenvalue weighted by Crippen LogP contribution is -2.52. The maximum Gasteiger partial charge on any atom is 0.243 e. The van der Waals surface area contributed by atoms with E-state index in [0.29, 0.717) is 5.96 Å². The molecule has 2 rings (SSSR count). The van der Waals surface area contributed by atoms with Gasteiger partial charge in [0.1, 0.15) is 6.54 Å². The summed E-state index contributed by atoms with van der Waals surface area (Å²) in [6, 6.07) is 0.220. The smallest absolute Gasteiger partial charge is 0.243 e. The number of guanidine groups is 1. The van der Waals surface area contributed by atoms with Crippen molar-refractivity contribution in [1.82, 2.24) is 20.4 Å². The summed E-state index contributed by atoms with van der Waals surface area (Å²) in [5.74, 6) is 2.54. The van der Waals surface area contributed by atoms with Gasteiger partial charge in [-0.25, -0.2) is 4.99 Å². The Balaban J connectivity index is 0.00000364. The van der Waals surface area contributed by atoms with Gasteiger partial charge in [0.25, 0.3) is 0 Å². The van der Waals surface area contributed by atoms with Gasteiger partial charge in [-0.15, -0.1) is 24.0 Å². The van der Waals surface area contributed by atoms with Crippen LogP contribution in [0.4, 0.5) is 0 Å². The number of nitrogens with zero attached hydrogens (tertiary/aromatic N) is 3. The Morgan fingerprint density at radius 3 is 2.52 bits per heavy atom. The first-order valence-electron chi connectivity index (χ1n) is 8.98. The first-order chi connectivity index (χ1) is 12.3. The molecule has 2 atom stereocenters. The number of nitrogens with one attached hydrogen (secondary N) is 2. The standard InChI is InChI=1S/C17H31N5O3S.HI/c1-21(2)14(23)10-18-16(19-11-15(24)22(3)4)20-13-5-7-25-17(9-13)6-8-26-12-17;/h13H,5-12H2,1-4H3,(H2,18,19,20);1H. The monoisotopic (exact) mass is 513 g/mol. The molecule has 8 nitrogen and oxygen atoms in total. The van der Waals surface area contributed by atoms with Crippen molar-refractivity contribution in [2.75, 3.05) is 59.4 Å². The van der Waals surface area contributed by atoms with Crippen molar-refractivity contribution >= 4 is 53.5 Å². The maximum absolute atomic E-state index is 11.9. The molecule has 2 aliphatic heterocycles. The Morgan fingerprint density at radius 2 is 1.93 bits per heavy atom. The summed E-state index contributed by atoms with van der Waals surface area (Å²) in [7, 11) is 6.83. The molecule has 2 unspecified atom stereocenters. The lowest BCUT2D eigenvalue weighted by atomic mass is 9.90. The number of rotatable bonds is 5. The summed E-state index contributed by atoms with van der Waals surface area (Å²) in [5.41, 5.74) is -0.0371. The lowest BCUT2D eigenvalue weighted by molar-refractivity contribution is -0.127. The average molecular weight is 513 g/mol. The molecule has 1 spiro atoms. The van der Waals surface area contributed by atoms with Crippen molar-refractivity contribution in [2.24, 2.45) is 4.99 Å². The normalized spacial score (nSPS) is 24.9. The molecule has 2 N–H and O–H groups in total. The quantitative estimate of drug-likeness (QED) is 0.314. The van der Waals surface area contributed by atoms with E-state index in [0.717, 1.165) is 37.4 Å². The molecule has 0 radical (unpaired) electrons. The van der Waals surface area contributed by atoms with Crippen molar-refractivity contribution in [3.8, 4) is 0 Å². The minimum atomic E-state index is -0.0827. The van der Waals surface area contributed by atoms with Crippen LogP contribution in [0.2, 0.25) is 0 Å². The van der Waals surface area contributed by atoms with E-state index in [4.69, 9.17) is 4.74 Å². The summed E-state index contributed by atoms with van der Waals surface area (Å²) >= 11 is 1.94. The zero-order chi connectivity index (χ0) is 19.2. The van der Waals surface area contributed by atoms with Gasteiger partial charge in [0, 0.05) is 46.6 Å². The predicted molar refractivity (Wildman–Crippen MR) is 120 cm³/mol. The van der Waals surface area contributed by atoms with E-state index in [1.807, 2.05) is 11.8 Å². The highest BCUT2D eigenvalue weighted by Gasteiger charge is 2.40. The zero-order valence-electron chi connectivity index (χ0n) is 16.6. The topological polar surface area (TPSA) is 86.3 Å². The van der Waals surface area contributed by atoms with Gasteiger partial charge in [0.15, 0.2) is 5.96 Å². The molecule has 0 aromatic rings. The largest absolute Gasteiger partial charge is 0.374 e. The molecule has 2 heterocycles. The summed E-state index contributed by atoms with van der Waals surface area (Å²) in [6.07, 6.45) is 2.88. The molecule has 0 saturated carbocycles. The van der Waals surface area contributed by atoms with Crippen molar-refractivity contribution in [1.29, 1.82) is 0 Å². The molecule has 2 saturated heterocycles. The molecule has 0 aromatic carbocycles. The molecule has 0 aliphatic carbocycles. The number of carbonyl (C=O) groups excluding carboxylic acids is 2. The van der Waals surface area contributed by atoms with Crippen LogP contribution in [0.15, 0.2) is 4.99 Å². The van der Waals surface area contributed by atoms with Crippen LogP contribution in [0, 0.1) is 0 Å². The number of aliphatic imine (C=N–C) groups is 1. The summed E-state index contributed by atoms with van der Waals surface area (Å²) in [4.78, 5) is 31.1. The van der Waals surface area contributed by atoms with Crippen LogP contribution in [0.1, 0.15) is 19.3 Å². The third kappa shape index (κ3) is 7.65. The molecule has 0 bridgehead atoms. The van der Waals surface area contributed by atoms with Crippen LogP contribution in [0.25, 0.3) is 0 Å². The van der Waals surface area contributed by atoms with Gasteiger partial charge in [-0.1, -0.05) is 0 Å². The molecule has 156 valence electrons. The molecule has 0 aromatic heterocycles. The van der Waals surface area contributed by atoms with Crippen LogP contribution in [-0.2, 0) is 14.3 Å². The second kappa shape index (κ2) is 11.3. The third-order valence-electron chi connectivity index (χ3n) is 4.68. The van der Waals surface area contributed by atoms with Crippen molar-refractivity contribution in [2.45, 2.75) is 30.9 Å². The fourth-order valence-electron chi connectivity index (χ4n) is 2.97. The predicted octanol–water partition coefficient (Wildman–Crippen LogP) is 0.371. The molecule has 10 heteroatoms. The summed E-state index contributed by atoms with van der Waals surface area (Å²) < 4.78 is 6.05. The van der Waals surface area contributed by atoms with Crippen molar-refractivity contribution in [3.05, 3.63) is 0 Å². The van der Waals surface area contributed by atoms with Crippen LogP contribution in [-0.4, -0.2) is 98.6 Å².